The van der Waals surface area contributed by atoms with Gasteiger partial charge in [-0.15, -0.1) is 0 Å². The molecule has 2 aliphatic rings. The summed E-state index contributed by atoms with van der Waals surface area (Å²) in [4.78, 5) is 22.7. The lowest BCUT2D eigenvalue weighted by Crippen LogP contribution is -2.29. The molecule has 1 heterocycles. The van der Waals surface area contributed by atoms with Crippen LogP contribution >= 0.6 is 0 Å². The highest BCUT2D eigenvalue weighted by Crippen LogP contribution is 2.53. The number of carbonyl (C=O) groups is 2. The minimum atomic E-state index is -0.510. The summed E-state index contributed by atoms with van der Waals surface area (Å²) in [5, 5.41) is 0. The molecule has 0 amide bonds. The lowest BCUT2D eigenvalue weighted by Gasteiger charge is -2.38. The number of ether oxygens (including phenoxy) is 5. The molecular weight excluding hydrogens is 544 g/mol. The van der Waals surface area contributed by atoms with E-state index in [2.05, 4.69) is 44.3 Å². The Labute approximate surface area is 253 Å². The monoisotopic (exact) mass is 582 g/mol. The van der Waals surface area contributed by atoms with E-state index in [-0.39, 0.29) is 26.4 Å². The van der Waals surface area contributed by atoms with Crippen molar-refractivity contribution in [3.63, 3.8) is 0 Å². The molecule has 7 nitrogen and oxygen atoms in total. The molecule has 0 spiro atoms. The van der Waals surface area contributed by atoms with Gasteiger partial charge in [-0.25, -0.2) is 9.59 Å². The predicted molar refractivity (Wildman–Crippen MR) is 164 cm³/mol. The summed E-state index contributed by atoms with van der Waals surface area (Å²) in [6.45, 7) is 9.64. The van der Waals surface area contributed by atoms with E-state index in [0.717, 1.165) is 28.8 Å². The zero-order valence-electron chi connectivity index (χ0n) is 24.6. The number of rotatable bonds is 12. The van der Waals surface area contributed by atoms with Crippen LogP contribution in [0.15, 0.2) is 86.0 Å². The van der Waals surface area contributed by atoms with Gasteiger partial charge in [0.25, 0.3) is 0 Å². The second kappa shape index (κ2) is 13.6. The van der Waals surface area contributed by atoms with Gasteiger partial charge < -0.3 is 23.7 Å². The molecule has 3 aromatic carbocycles. The van der Waals surface area contributed by atoms with Crippen LogP contribution in [0.2, 0.25) is 0 Å². The molecule has 0 radical (unpaired) electrons. The molecule has 1 aliphatic heterocycles. The first-order chi connectivity index (χ1) is 20.9. The highest BCUT2D eigenvalue weighted by molar-refractivity contribution is 5.81. The minimum Gasteiger partial charge on any atom is -0.490 e. The first kappa shape index (κ1) is 30.0. The molecule has 43 heavy (non-hydrogen) atoms. The Kier molecular flexibility index (Phi) is 9.50. The van der Waals surface area contributed by atoms with E-state index < -0.39 is 17.4 Å². The number of hydrogen-bond donors (Lipinski definition) is 0. The van der Waals surface area contributed by atoms with E-state index in [1.807, 2.05) is 36.4 Å². The second-order valence-electron chi connectivity index (χ2n) is 10.9. The maximum absolute atomic E-state index is 11.4. The lowest BCUT2D eigenvalue weighted by atomic mass is 9.69. The quantitative estimate of drug-likeness (QED) is 0.125. The normalized spacial score (nSPS) is 15.2. The number of esters is 2. The van der Waals surface area contributed by atoms with Crippen LogP contribution in [0.3, 0.4) is 0 Å². The van der Waals surface area contributed by atoms with Crippen molar-refractivity contribution in [2.24, 2.45) is 0 Å². The lowest BCUT2D eigenvalue weighted by molar-refractivity contribution is -0.139. The van der Waals surface area contributed by atoms with Crippen LogP contribution < -0.4 is 14.2 Å². The Bertz CT molecular complexity index is 1390. The summed E-state index contributed by atoms with van der Waals surface area (Å²) in [5.74, 6) is 2.19. The average Bonchev–Trinajstić information content (AvgIpc) is 3.05. The smallest absolute Gasteiger partial charge is 0.330 e. The zero-order chi connectivity index (χ0) is 30.2. The van der Waals surface area contributed by atoms with Crippen LogP contribution in [0.4, 0.5) is 0 Å². The van der Waals surface area contributed by atoms with Crippen LogP contribution in [-0.2, 0) is 24.5 Å². The van der Waals surface area contributed by atoms with Gasteiger partial charge in [-0.1, -0.05) is 68.8 Å². The third-order valence-corrected chi connectivity index (χ3v) is 8.29. The largest absolute Gasteiger partial charge is 0.490 e. The number of benzene rings is 3. The summed E-state index contributed by atoms with van der Waals surface area (Å²) in [7, 11) is 0. The van der Waals surface area contributed by atoms with Gasteiger partial charge in [0, 0.05) is 40.8 Å². The van der Waals surface area contributed by atoms with Crippen molar-refractivity contribution in [2.45, 2.75) is 50.4 Å². The van der Waals surface area contributed by atoms with Gasteiger partial charge in [0.2, 0.25) is 0 Å². The molecule has 0 unspecified atom stereocenters. The standard InChI is InChI=1S/C36H38O7/c1-4-34(37)41-21-19-39-28-15-17-30-32(23-28)43-33-24-29(40-20-22-42-35(38)5-2)16-18-31(33)36(30,3)27-13-11-26(12-14-27)25-9-7-6-8-10-25/h4-5,11-18,23-25H,1-2,6-10,19-22H2,3H3. The highest BCUT2D eigenvalue weighted by atomic mass is 16.6. The molecule has 0 aromatic heterocycles. The van der Waals surface area contributed by atoms with Crippen molar-refractivity contribution >= 4 is 11.9 Å². The molecule has 0 saturated heterocycles. The van der Waals surface area contributed by atoms with E-state index in [1.165, 1.54) is 37.7 Å². The van der Waals surface area contributed by atoms with Gasteiger partial charge in [-0.2, -0.15) is 0 Å². The van der Waals surface area contributed by atoms with Crippen molar-refractivity contribution in [2.75, 3.05) is 26.4 Å². The molecule has 5 rings (SSSR count). The fraction of sp³-hybridized carbons (Fsp3) is 0.333. The summed E-state index contributed by atoms with van der Waals surface area (Å²) in [6.07, 6.45) is 8.67. The molecule has 1 fully saturated rings. The Hall–Kier alpha value is -4.52. The molecule has 0 atom stereocenters. The molecule has 0 N–H and O–H groups in total. The van der Waals surface area contributed by atoms with E-state index in [9.17, 15) is 9.59 Å². The molecule has 3 aromatic rings. The summed E-state index contributed by atoms with van der Waals surface area (Å²) in [6, 6.07) is 20.7. The van der Waals surface area contributed by atoms with Crippen LogP contribution in [0.5, 0.6) is 23.0 Å². The third kappa shape index (κ3) is 6.77. The van der Waals surface area contributed by atoms with Crippen molar-refractivity contribution in [3.8, 4) is 23.0 Å². The summed E-state index contributed by atoms with van der Waals surface area (Å²) in [5.41, 5.74) is 4.08. The molecule has 0 bridgehead atoms. The minimum absolute atomic E-state index is 0.111. The first-order valence-electron chi connectivity index (χ1n) is 14.8. The second-order valence-corrected chi connectivity index (χ2v) is 10.9. The Morgan fingerprint density at radius 3 is 1.77 bits per heavy atom. The van der Waals surface area contributed by atoms with Gasteiger partial charge in [0.1, 0.15) is 49.4 Å². The molecule has 7 heteroatoms. The molecule has 1 aliphatic carbocycles. The SMILES string of the molecule is C=CC(=O)OCCOc1ccc2c(c1)Oc1cc(OCCOC(=O)C=C)ccc1C2(C)c1ccc(C2CCCCC2)cc1. The Balaban J connectivity index is 1.43. The van der Waals surface area contributed by atoms with E-state index >= 15 is 0 Å². The fourth-order valence-electron chi connectivity index (χ4n) is 6.00. The summed E-state index contributed by atoms with van der Waals surface area (Å²) < 4.78 is 28.3. The van der Waals surface area contributed by atoms with Crippen LogP contribution in [-0.4, -0.2) is 38.4 Å². The van der Waals surface area contributed by atoms with Crippen molar-refractivity contribution in [1.29, 1.82) is 0 Å². The number of fused-ring (bicyclic) bond motifs is 2. The van der Waals surface area contributed by atoms with Crippen LogP contribution in [0.25, 0.3) is 0 Å². The average molecular weight is 583 g/mol. The van der Waals surface area contributed by atoms with Crippen LogP contribution in [0.1, 0.15) is 67.2 Å². The highest BCUT2D eigenvalue weighted by Gasteiger charge is 2.40. The summed E-state index contributed by atoms with van der Waals surface area (Å²) >= 11 is 0. The Morgan fingerprint density at radius 1 is 0.767 bits per heavy atom. The van der Waals surface area contributed by atoms with Crippen molar-refractivity contribution in [3.05, 3.63) is 108 Å². The Morgan fingerprint density at radius 2 is 1.28 bits per heavy atom. The van der Waals surface area contributed by atoms with Gasteiger partial charge in [-0.05, 0) is 48.9 Å². The van der Waals surface area contributed by atoms with Crippen molar-refractivity contribution < 1.29 is 33.3 Å². The van der Waals surface area contributed by atoms with Gasteiger partial charge in [0.15, 0.2) is 0 Å². The van der Waals surface area contributed by atoms with E-state index in [1.54, 1.807) is 0 Å². The van der Waals surface area contributed by atoms with Gasteiger partial charge in [0.05, 0.1) is 0 Å². The topological polar surface area (TPSA) is 80.3 Å². The third-order valence-electron chi connectivity index (χ3n) is 8.29. The van der Waals surface area contributed by atoms with E-state index in [0.29, 0.717) is 28.9 Å². The number of hydrogen-bond acceptors (Lipinski definition) is 7. The molecule has 224 valence electrons. The maximum atomic E-state index is 11.4. The maximum Gasteiger partial charge on any atom is 0.330 e. The van der Waals surface area contributed by atoms with E-state index in [4.69, 9.17) is 23.7 Å². The van der Waals surface area contributed by atoms with Gasteiger partial charge in [-0.3, -0.25) is 0 Å². The predicted octanol–water partition coefficient (Wildman–Crippen LogP) is 7.41. The molecular formula is C36H38O7. The zero-order valence-corrected chi connectivity index (χ0v) is 24.6. The first-order valence-corrected chi connectivity index (χ1v) is 14.8. The molecule has 1 saturated carbocycles. The van der Waals surface area contributed by atoms with Crippen molar-refractivity contribution in [1.82, 2.24) is 0 Å². The number of carbonyl (C=O) groups excluding carboxylic acids is 2. The fourth-order valence-corrected chi connectivity index (χ4v) is 6.00. The van der Waals surface area contributed by atoms with Gasteiger partial charge >= 0.3 is 11.9 Å². The van der Waals surface area contributed by atoms with Crippen LogP contribution in [0, 0.1) is 0 Å².